The highest BCUT2D eigenvalue weighted by atomic mass is 16.2. The van der Waals surface area contributed by atoms with E-state index in [4.69, 9.17) is 0 Å². The van der Waals surface area contributed by atoms with Crippen LogP contribution in [-0.4, -0.2) is 26.1 Å². The Labute approximate surface area is 119 Å². The number of nitrogens with zero attached hydrogens (tertiary/aromatic N) is 1. The molecule has 0 aliphatic carbocycles. The first kappa shape index (κ1) is 12.9. The zero-order valence-electron chi connectivity index (χ0n) is 11.0. The van der Waals surface area contributed by atoms with Gasteiger partial charge >= 0.3 is 5.69 Å². The van der Waals surface area contributed by atoms with Crippen molar-refractivity contribution in [3.05, 3.63) is 64.6 Å². The van der Waals surface area contributed by atoms with Crippen molar-refractivity contribution in [2.75, 3.05) is 0 Å². The smallest absolute Gasteiger partial charge is 0.323 e. The van der Waals surface area contributed by atoms with Gasteiger partial charge in [0, 0.05) is 23.5 Å². The number of amides is 1. The summed E-state index contributed by atoms with van der Waals surface area (Å²) in [4.78, 5) is 28.0. The van der Waals surface area contributed by atoms with Crippen molar-refractivity contribution in [3.8, 4) is 11.1 Å². The number of rotatable bonds is 4. The van der Waals surface area contributed by atoms with Gasteiger partial charge in [0.25, 0.3) is 5.91 Å². The molecule has 2 heterocycles. The number of benzene rings is 1. The molecular formula is C14H13N5O2. The first-order valence-corrected chi connectivity index (χ1v) is 6.36. The molecule has 0 saturated carbocycles. The summed E-state index contributed by atoms with van der Waals surface area (Å²) in [5.74, 6) is -0.198. The quantitative estimate of drug-likeness (QED) is 0.574. The Kier molecular flexibility index (Phi) is 3.38. The van der Waals surface area contributed by atoms with Gasteiger partial charge in [-0.2, -0.15) is 5.10 Å². The van der Waals surface area contributed by atoms with E-state index in [0.717, 1.165) is 11.1 Å². The van der Waals surface area contributed by atoms with Gasteiger partial charge in [-0.25, -0.2) is 4.79 Å². The topological polar surface area (TPSA) is 106 Å². The van der Waals surface area contributed by atoms with Crippen molar-refractivity contribution in [1.82, 2.24) is 25.5 Å². The van der Waals surface area contributed by atoms with Crippen LogP contribution >= 0.6 is 0 Å². The van der Waals surface area contributed by atoms with E-state index in [1.54, 1.807) is 24.5 Å². The van der Waals surface area contributed by atoms with Gasteiger partial charge in [-0.15, -0.1) is 0 Å². The Morgan fingerprint density at radius 2 is 1.95 bits per heavy atom. The highest BCUT2D eigenvalue weighted by molar-refractivity contribution is 5.94. The van der Waals surface area contributed by atoms with Crippen LogP contribution in [0.5, 0.6) is 0 Å². The van der Waals surface area contributed by atoms with E-state index in [9.17, 15) is 9.59 Å². The van der Waals surface area contributed by atoms with Gasteiger partial charge in [-0.1, -0.05) is 12.1 Å². The van der Waals surface area contributed by atoms with E-state index in [-0.39, 0.29) is 18.1 Å². The summed E-state index contributed by atoms with van der Waals surface area (Å²) >= 11 is 0. The third-order valence-electron chi connectivity index (χ3n) is 3.07. The predicted octanol–water partition coefficient (Wildman–Crippen LogP) is 1.02. The minimum absolute atomic E-state index is 0.198. The van der Waals surface area contributed by atoms with Crippen molar-refractivity contribution in [2.45, 2.75) is 6.54 Å². The first-order chi connectivity index (χ1) is 10.2. The summed E-state index contributed by atoms with van der Waals surface area (Å²) in [6, 6.07) is 7.21. The summed E-state index contributed by atoms with van der Waals surface area (Å²) in [7, 11) is 0. The second-order valence-electron chi connectivity index (χ2n) is 4.52. The van der Waals surface area contributed by atoms with Crippen LogP contribution < -0.4 is 11.0 Å². The molecular weight excluding hydrogens is 270 g/mol. The Hall–Kier alpha value is -3.09. The number of hydrogen-bond donors (Lipinski definition) is 4. The number of imidazole rings is 1. The minimum atomic E-state index is -0.288. The van der Waals surface area contributed by atoms with Crippen molar-refractivity contribution in [3.63, 3.8) is 0 Å². The average Bonchev–Trinajstić information content (AvgIpc) is 3.16. The normalized spacial score (nSPS) is 10.5. The lowest BCUT2D eigenvalue weighted by molar-refractivity contribution is 0.0950. The number of carbonyl (C=O) groups is 1. The first-order valence-electron chi connectivity index (χ1n) is 6.36. The van der Waals surface area contributed by atoms with Crippen LogP contribution in [0.25, 0.3) is 11.1 Å². The van der Waals surface area contributed by atoms with Crippen LogP contribution in [0.1, 0.15) is 16.1 Å². The number of H-pyrrole nitrogens is 3. The van der Waals surface area contributed by atoms with Gasteiger partial charge in [-0.3, -0.25) is 9.89 Å². The van der Waals surface area contributed by atoms with Gasteiger partial charge in [0.2, 0.25) is 0 Å². The number of hydrogen-bond acceptors (Lipinski definition) is 3. The monoisotopic (exact) mass is 283 g/mol. The minimum Gasteiger partial charge on any atom is -0.346 e. The number of nitrogens with one attached hydrogen (secondary N) is 4. The van der Waals surface area contributed by atoms with Gasteiger partial charge in [0.1, 0.15) is 0 Å². The molecule has 21 heavy (non-hydrogen) atoms. The molecule has 0 unspecified atom stereocenters. The molecule has 7 heteroatoms. The second kappa shape index (κ2) is 5.49. The van der Waals surface area contributed by atoms with Crippen LogP contribution in [-0.2, 0) is 6.54 Å². The molecule has 4 N–H and O–H groups in total. The molecule has 3 aromatic rings. The van der Waals surface area contributed by atoms with Gasteiger partial charge in [0.05, 0.1) is 18.4 Å². The molecule has 0 atom stereocenters. The second-order valence-corrected chi connectivity index (χ2v) is 4.52. The fourth-order valence-electron chi connectivity index (χ4n) is 1.97. The summed E-state index contributed by atoms with van der Waals surface area (Å²) in [6.07, 6.45) is 5.04. The third-order valence-corrected chi connectivity index (χ3v) is 3.07. The van der Waals surface area contributed by atoms with Crippen LogP contribution in [0, 0.1) is 0 Å². The van der Waals surface area contributed by atoms with Gasteiger partial charge in [-0.05, 0) is 17.7 Å². The van der Waals surface area contributed by atoms with Crippen molar-refractivity contribution >= 4 is 5.91 Å². The summed E-state index contributed by atoms with van der Waals surface area (Å²) in [5, 5.41) is 9.36. The van der Waals surface area contributed by atoms with Crippen LogP contribution in [0.4, 0.5) is 0 Å². The van der Waals surface area contributed by atoms with E-state index in [0.29, 0.717) is 11.3 Å². The van der Waals surface area contributed by atoms with E-state index >= 15 is 0 Å². The largest absolute Gasteiger partial charge is 0.346 e. The molecule has 1 aromatic carbocycles. The SMILES string of the molecule is O=C(NCc1c[nH]c(=O)[nH]1)c1ccc(-c2cn[nH]c2)cc1. The standard InChI is InChI=1S/C14H13N5O2/c20-13(15-7-12-8-16-14(21)19-12)10-3-1-9(2-4-10)11-5-17-18-6-11/h1-6,8H,7H2,(H,15,20)(H,17,18)(H2,16,19,21). The highest BCUT2D eigenvalue weighted by Gasteiger charge is 2.06. The maximum atomic E-state index is 12.0. The molecule has 0 spiro atoms. The molecule has 0 fully saturated rings. The van der Waals surface area contributed by atoms with Crippen LogP contribution in [0.2, 0.25) is 0 Å². The fraction of sp³-hybridized carbons (Fsp3) is 0.0714. The summed E-state index contributed by atoms with van der Waals surface area (Å²) in [5.41, 5.74) is 2.84. The fourth-order valence-corrected chi connectivity index (χ4v) is 1.97. The van der Waals surface area contributed by atoms with Crippen LogP contribution in [0.3, 0.4) is 0 Å². The van der Waals surface area contributed by atoms with Gasteiger partial charge in [0.15, 0.2) is 0 Å². The Balaban J connectivity index is 1.66. The van der Waals surface area contributed by atoms with Gasteiger partial charge < -0.3 is 15.3 Å². The highest BCUT2D eigenvalue weighted by Crippen LogP contribution is 2.17. The van der Waals surface area contributed by atoms with E-state index < -0.39 is 0 Å². The lowest BCUT2D eigenvalue weighted by Gasteiger charge is -2.04. The number of aromatic amines is 3. The molecule has 1 amide bonds. The summed E-state index contributed by atoms with van der Waals surface area (Å²) in [6.45, 7) is 0.265. The molecule has 106 valence electrons. The molecule has 0 aliphatic rings. The Morgan fingerprint density at radius 3 is 2.57 bits per heavy atom. The Morgan fingerprint density at radius 1 is 1.14 bits per heavy atom. The predicted molar refractivity (Wildman–Crippen MR) is 76.6 cm³/mol. The molecule has 7 nitrogen and oxygen atoms in total. The molecule has 0 saturated heterocycles. The Bertz CT molecular complexity index is 783. The molecule has 2 aromatic heterocycles. The maximum Gasteiger partial charge on any atom is 0.323 e. The van der Waals surface area contributed by atoms with E-state index in [1.165, 1.54) is 6.20 Å². The number of carbonyl (C=O) groups excluding carboxylic acids is 1. The van der Waals surface area contributed by atoms with Crippen molar-refractivity contribution in [2.24, 2.45) is 0 Å². The number of aromatic nitrogens is 4. The molecule has 0 radical (unpaired) electrons. The zero-order chi connectivity index (χ0) is 14.7. The third kappa shape index (κ3) is 2.92. The molecule has 0 aliphatic heterocycles. The van der Waals surface area contributed by atoms with Crippen molar-refractivity contribution < 1.29 is 4.79 Å². The zero-order valence-corrected chi connectivity index (χ0v) is 11.0. The lowest BCUT2D eigenvalue weighted by Crippen LogP contribution is -2.23. The summed E-state index contributed by atoms with van der Waals surface area (Å²) < 4.78 is 0. The van der Waals surface area contributed by atoms with Crippen LogP contribution in [0.15, 0.2) is 47.7 Å². The average molecular weight is 283 g/mol. The molecule has 3 rings (SSSR count). The maximum absolute atomic E-state index is 12.0. The van der Waals surface area contributed by atoms with Crippen molar-refractivity contribution in [1.29, 1.82) is 0 Å². The van der Waals surface area contributed by atoms with E-state index in [2.05, 4.69) is 25.5 Å². The molecule has 0 bridgehead atoms. The van der Waals surface area contributed by atoms with E-state index in [1.807, 2.05) is 12.1 Å². The lowest BCUT2D eigenvalue weighted by atomic mass is 10.1.